The number of rotatable bonds is 6. The molecule has 1 amide bonds. The van der Waals surface area contributed by atoms with Crippen LogP contribution in [0, 0.1) is 0 Å². The standard InChI is InChI=1S/C10H19F3N2O/c1-9(2,14)6-4-8(16)15-7-3-5-10(11,12)13/h3-7,14H2,1-2H3,(H,15,16). The molecular formula is C10H19F3N2O. The molecule has 0 heterocycles. The molecule has 3 N–H and O–H groups in total. The van der Waals surface area contributed by atoms with Crippen molar-refractivity contribution < 1.29 is 18.0 Å². The summed E-state index contributed by atoms with van der Waals surface area (Å²) in [6.07, 6.45) is -4.34. The van der Waals surface area contributed by atoms with E-state index in [0.29, 0.717) is 6.42 Å². The van der Waals surface area contributed by atoms with E-state index >= 15 is 0 Å². The average Bonchev–Trinajstić information content (AvgIpc) is 2.06. The highest BCUT2D eigenvalue weighted by atomic mass is 19.4. The van der Waals surface area contributed by atoms with E-state index in [1.54, 1.807) is 13.8 Å². The van der Waals surface area contributed by atoms with E-state index in [1.807, 2.05) is 0 Å². The first-order chi connectivity index (χ1) is 7.10. The molecule has 0 rings (SSSR count). The maximum Gasteiger partial charge on any atom is 0.389 e. The fourth-order valence-corrected chi connectivity index (χ4v) is 1.04. The molecule has 0 fully saturated rings. The first kappa shape index (κ1) is 15.2. The van der Waals surface area contributed by atoms with Crippen molar-refractivity contribution in [3.8, 4) is 0 Å². The molecule has 0 saturated heterocycles. The summed E-state index contributed by atoms with van der Waals surface area (Å²) in [6, 6.07) is 0. The molecule has 0 radical (unpaired) electrons. The molecule has 6 heteroatoms. The van der Waals surface area contributed by atoms with Crippen LogP contribution in [0.5, 0.6) is 0 Å². The summed E-state index contributed by atoms with van der Waals surface area (Å²) >= 11 is 0. The van der Waals surface area contributed by atoms with Crippen LogP contribution in [-0.4, -0.2) is 24.2 Å². The minimum Gasteiger partial charge on any atom is -0.356 e. The van der Waals surface area contributed by atoms with Gasteiger partial charge in [-0.15, -0.1) is 0 Å². The van der Waals surface area contributed by atoms with Crippen molar-refractivity contribution in [2.75, 3.05) is 6.54 Å². The Hall–Kier alpha value is -0.780. The maximum atomic E-state index is 11.8. The zero-order chi connectivity index (χ0) is 12.8. The van der Waals surface area contributed by atoms with Crippen molar-refractivity contribution in [3.63, 3.8) is 0 Å². The third kappa shape index (κ3) is 11.3. The lowest BCUT2D eigenvalue weighted by atomic mass is 10.00. The quantitative estimate of drug-likeness (QED) is 0.697. The lowest BCUT2D eigenvalue weighted by molar-refractivity contribution is -0.136. The van der Waals surface area contributed by atoms with Gasteiger partial charge in [-0.05, 0) is 26.7 Å². The van der Waals surface area contributed by atoms with Gasteiger partial charge in [-0.1, -0.05) is 0 Å². The van der Waals surface area contributed by atoms with Crippen LogP contribution in [0.1, 0.15) is 39.5 Å². The van der Waals surface area contributed by atoms with Gasteiger partial charge >= 0.3 is 6.18 Å². The van der Waals surface area contributed by atoms with E-state index in [9.17, 15) is 18.0 Å². The van der Waals surface area contributed by atoms with Gasteiger partial charge in [0.15, 0.2) is 0 Å². The monoisotopic (exact) mass is 240 g/mol. The molecule has 3 nitrogen and oxygen atoms in total. The topological polar surface area (TPSA) is 55.1 Å². The second kappa shape index (κ2) is 6.08. The van der Waals surface area contributed by atoms with Crippen molar-refractivity contribution in [2.45, 2.75) is 51.2 Å². The van der Waals surface area contributed by atoms with E-state index in [2.05, 4.69) is 5.32 Å². The highest BCUT2D eigenvalue weighted by Crippen LogP contribution is 2.20. The van der Waals surface area contributed by atoms with Crippen LogP contribution in [0.2, 0.25) is 0 Å². The van der Waals surface area contributed by atoms with Gasteiger partial charge in [-0.2, -0.15) is 13.2 Å². The molecule has 0 aliphatic rings. The number of amides is 1. The Bertz CT molecular complexity index is 221. The summed E-state index contributed by atoms with van der Waals surface area (Å²) in [5.41, 5.74) is 5.24. The third-order valence-corrected chi connectivity index (χ3v) is 1.96. The van der Waals surface area contributed by atoms with E-state index < -0.39 is 18.1 Å². The number of nitrogens with two attached hydrogens (primary N) is 1. The molecule has 16 heavy (non-hydrogen) atoms. The van der Waals surface area contributed by atoms with Gasteiger partial charge in [0.25, 0.3) is 0 Å². The largest absolute Gasteiger partial charge is 0.389 e. The Morgan fingerprint density at radius 3 is 2.25 bits per heavy atom. The molecule has 0 spiro atoms. The second-order valence-corrected chi connectivity index (χ2v) is 4.56. The van der Waals surface area contributed by atoms with E-state index in [1.165, 1.54) is 0 Å². The van der Waals surface area contributed by atoms with E-state index in [0.717, 1.165) is 0 Å². The molecule has 96 valence electrons. The number of carbonyl (C=O) groups excluding carboxylic acids is 1. The fourth-order valence-electron chi connectivity index (χ4n) is 1.04. The summed E-state index contributed by atoms with van der Waals surface area (Å²) < 4.78 is 35.3. The summed E-state index contributed by atoms with van der Waals surface area (Å²) in [6.45, 7) is 3.65. The number of hydrogen-bond donors (Lipinski definition) is 2. The smallest absolute Gasteiger partial charge is 0.356 e. The Balaban J connectivity index is 3.52. The van der Waals surface area contributed by atoms with E-state index in [4.69, 9.17) is 5.73 Å². The Labute approximate surface area is 93.6 Å². The Morgan fingerprint density at radius 2 is 1.81 bits per heavy atom. The summed E-state index contributed by atoms with van der Waals surface area (Å²) in [5.74, 6) is -0.249. The fraction of sp³-hybridized carbons (Fsp3) is 0.900. The van der Waals surface area contributed by atoms with Gasteiger partial charge in [0.1, 0.15) is 0 Å². The minimum absolute atomic E-state index is 0.0589. The third-order valence-electron chi connectivity index (χ3n) is 1.96. The minimum atomic E-state index is -4.15. The van der Waals surface area contributed by atoms with Crippen LogP contribution in [0.15, 0.2) is 0 Å². The first-order valence-corrected chi connectivity index (χ1v) is 5.22. The molecule has 0 aromatic heterocycles. The highest BCUT2D eigenvalue weighted by Gasteiger charge is 2.25. The van der Waals surface area contributed by atoms with Crippen molar-refractivity contribution >= 4 is 5.91 Å². The molecule has 0 atom stereocenters. The first-order valence-electron chi connectivity index (χ1n) is 5.22. The second-order valence-electron chi connectivity index (χ2n) is 4.56. The summed E-state index contributed by atoms with van der Waals surface area (Å²) in [4.78, 5) is 11.2. The molecule has 0 aromatic carbocycles. The van der Waals surface area contributed by atoms with Crippen molar-refractivity contribution in [2.24, 2.45) is 5.73 Å². The van der Waals surface area contributed by atoms with Crippen molar-refractivity contribution in [1.29, 1.82) is 0 Å². The SMILES string of the molecule is CC(C)(N)CCC(=O)NCCCC(F)(F)F. The number of halogens is 3. The van der Waals surface area contributed by atoms with Crippen molar-refractivity contribution in [3.05, 3.63) is 0 Å². The molecule has 0 saturated carbocycles. The van der Waals surface area contributed by atoms with Crippen molar-refractivity contribution in [1.82, 2.24) is 5.32 Å². The highest BCUT2D eigenvalue weighted by molar-refractivity contribution is 5.75. The predicted octanol–water partition coefficient (Wildman–Crippen LogP) is 1.96. The number of hydrogen-bond acceptors (Lipinski definition) is 2. The predicted molar refractivity (Wildman–Crippen MR) is 55.8 cm³/mol. The van der Waals surface area contributed by atoms with Gasteiger partial charge in [0.2, 0.25) is 5.91 Å². The van der Waals surface area contributed by atoms with E-state index in [-0.39, 0.29) is 25.3 Å². The Morgan fingerprint density at radius 1 is 1.25 bits per heavy atom. The summed E-state index contributed by atoms with van der Waals surface area (Å²) in [7, 11) is 0. The molecule has 0 aromatic rings. The van der Waals surface area contributed by atoms with Gasteiger partial charge in [0.05, 0.1) is 0 Å². The average molecular weight is 240 g/mol. The zero-order valence-corrected chi connectivity index (χ0v) is 9.66. The molecular weight excluding hydrogens is 221 g/mol. The zero-order valence-electron chi connectivity index (χ0n) is 9.66. The van der Waals surface area contributed by atoms with Gasteiger partial charge in [-0.3, -0.25) is 4.79 Å². The van der Waals surface area contributed by atoms with Crippen LogP contribution in [-0.2, 0) is 4.79 Å². The summed E-state index contributed by atoms with van der Waals surface area (Å²) in [5, 5.41) is 2.43. The van der Waals surface area contributed by atoms with Crippen LogP contribution in [0.25, 0.3) is 0 Å². The normalized spacial score (nSPS) is 12.6. The maximum absolute atomic E-state index is 11.8. The number of alkyl halides is 3. The van der Waals surface area contributed by atoms with Gasteiger partial charge < -0.3 is 11.1 Å². The number of carbonyl (C=O) groups is 1. The molecule has 0 aliphatic carbocycles. The van der Waals surface area contributed by atoms with Crippen LogP contribution < -0.4 is 11.1 Å². The molecule has 0 unspecified atom stereocenters. The van der Waals surface area contributed by atoms with Crippen LogP contribution in [0.4, 0.5) is 13.2 Å². The molecule has 0 aliphatic heterocycles. The van der Waals surface area contributed by atoms with Crippen LogP contribution in [0.3, 0.4) is 0 Å². The molecule has 0 bridgehead atoms. The van der Waals surface area contributed by atoms with Gasteiger partial charge in [0, 0.05) is 24.9 Å². The van der Waals surface area contributed by atoms with Gasteiger partial charge in [-0.25, -0.2) is 0 Å². The Kier molecular flexibility index (Phi) is 5.78. The van der Waals surface area contributed by atoms with Crippen LogP contribution >= 0.6 is 0 Å². The lowest BCUT2D eigenvalue weighted by Gasteiger charge is -2.17. The number of nitrogens with one attached hydrogen (secondary N) is 1. The lowest BCUT2D eigenvalue weighted by Crippen LogP contribution is -2.34.